The molecule has 9 heteroatoms. The molecular formula is C32H21BiN8. The van der Waals surface area contributed by atoms with E-state index in [2.05, 4.69) is 9.97 Å². The Morgan fingerprint density at radius 3 is 0.829 bits per heavy atom. The van der Waals surface area contributed by atoms with E-state index in [0.717, 1.165) is 43.8 Å². The molecule has 2 N–H and O–H groups in total. The molecule has 0 aliphatic carbocycles. The number of aromatic amines is 2. The van der Waals surface area contributed by atoms with Gasteiger partial charge in [-0.2, -0.15) is 0 Å². The minimum Gasteiger partial charge on any atom is -0.324 e. The fourth-order valence-corrected chi connectivity index (χ4v) is 5.59. The van der Waals surface area contributed by atoms with Crippen LogP contribution in [0.3, 0.4) is 0 Å². The predicted molar refractivity (Wildman–Crippen MR) is 166 cm³/mol. The molecule has 0 amide bonds. The van der Waals surface area contributed by atoms with Crippen molar-refractivity contribution < 1.29 is 0 Å². The van der Waals surface area contributed by atoms with Gasteiger partial charge in [0.25, 0.3) is 0 Å². The zero-order valence-electron chi connectivity index (χ0n) is 21.6. The Bertz CT molecular complexity index is 2030. The molecule has 9 rings (SSSR count). The van der Waals surface area contributed by atoms with Crippen molar-refractivity contribution in [3.63, 3.8) is 0 Å². The zero-order valence-corrected chi connectivity index (χ0v) is 27.1. The minimum absolute atomic E-state index is 0. The van der Waals surface area contributed by atoms with E-state index in [1.165, 1.54) is 0 Å². The Labute approximate surface area is 251 Å². The Balaban J connectivity index is 0.00000256. The minimum atomic E-state index is 0. The zero-order chi connectivity index (χ0) is 26.2. The number of rotatable bonds is 0. The van der Waals surface area contributed by atoms with Crippen molar-refractivity contribution in [2.75, 3.05) is 0 Å². The van der Waals surface area contributed by atoms with E-state index in [4.69, 9.17) is 29.9 Å². The van der Waals surface area contributed by atoms with Crippen molar-refractivity contribution in [1.29, 1.82) is 0 Å². The summed E-state index contributed by atoms with van der Waals surface area (Å²) in [6.07, 6.45) is 0. The average Bonchev–Trinajstić information content (AvgIpc) is 3.73. The van der Waals surface area contributed by atoms with Crippen LogP contribution in [0.1, 0.15) is 0 Å². The normalized spacial score (nSPS) is 11.7. The molecule has 0 saturated heterocycles. The summed E-state index contributed by atoms with van der Waals surface area (Å²) in [7, 11) is 0. The summed E-state index contributed by atoms with van der Waals surface area (Å²) >= 11 is 0. The molecule has 0 saturated carbocycles. The van der Waals surface area contributed by atoms with E-state index in [0.29, 0.717) is 45.9 Å². The summed E-state index contributed by atoms with van der Waals surface area (Å²) in [4.78, 5) is 36.8. The number of nitrogens with one attached hydrogen (secondary N) is 2. The summed E-state index contributed by atoms with van der Waals surface area (Å²) in [5.74, 6) is 2.39. The molecule has 0 fully saturated rings. The predicted octanol–water partition coefficient (Wildman–Crippen LogP) is 5.69. The van der Waals surface area contributed by atoms with Crippen LogP contribution in [0, 0.1) is 0 Å². The number of nitrogens with zero attached hydrogens (tertiary/aromatic N) is 6. The summed E-state index contributed by atoms with van der Waals surface area (Å²) < 4.78 is 0. The van der Waals surface area contributed by atoms with Crippen LogP contribution in [0.5, 0.6) is 0 Å². The van der Waals surface area contributed by atoms with Gasteiger partial charge in [-0.15, -0.1) is 0 Å². The molecule has 0 unspecified atom stereocenters. The van der Waals surface area contributed by atoms with Crippen LogP contribution in [-0.4, -0.2) is 66.1 Å². The Morgan fingerprint density at radius 2 is 0.561 bits per heavy atom. The van der Waals surface area contributed by atoms with E-state index in [1.54, 1.807) is 0 Å². The van der Waals surface area contributed by atoms with Gasteiger partial charge in [0, 0.05) is 43.8 Å². The van der Waals surface area contributed by atoms with Gasteiger partial charge in [0.2, 0.25) is 0 Å². The smallest absolute Gasteiger partial charge is 0.164 e. The van der Waals surface area contributed by atoms with Gasteiger partial charge < -0.3 is 9.97 Å². The SMILES string of the molecule is [BiH3].c1ccc2c(c1)-c1nc-2nc2[nH]c(nc3nc(nc4[nH]c(n1)c1ccccc41)-c1ccccc1-3)c1ccccc21. The molecule has 2 aliphatic rings. The first-order valence-electron chi connectivity index (χ1n) is 13.0. The van der Waals surface area contributed by atoms with E-state index in [-0.39, 0.29) is 26.2 Å². The van der Waals surface area contributed by atoms with Crippen LogP contribution in [0.4, 0.5) is 0 Å². The molecule has 2 aliphatic heterocycles. The van der Waals surface area contributed by atoms with E-state index in [1.807, 2.05) is 97.1 Å². The molecule has 7 aromatic rings. The van der Waals surface area contributed by atoms with Gasteiger partial charge in [-0.25, -0.2) is 29.9 Å². The summed E-state index contributed by atoms with van der Waals surface area (Å²) in [6.45, 7) is 0. The van der Waals surface area contributed by atoms with Crippen LogP contribution in [0.2, 0.25) is 0 Å². The summed E-state index contributed by atoms with van der Waals surface area (Å²) in [6, 6.07) is 32.2. The summed E-state index contributed by atoms with van der Waals surface area (Å²) in [5.41, 5.74) is 6.45. The van der Waals surface area contributed by atoms with Crippen LogP contribution >= 0.6 is 0 Å². The first kappa shape index (κ1) is 24.0. The van der Waals surface area contributed by atoms with Crippen molar-refractivity contribution in [3.05, 3.63) is 97.1 Å². The van der Waals surface area contributed by atoms with Crippen LogP contribution in [0.15, 0.2) is 97.1 Å². The molecule has 4 aromatic carbocycles. The van der Waals surface area contributed by atoms with E-state index >= 15 is 0 Å². The molecule has 0 spiro atoms. The van der Waals surface area contributed by atoms with Gasteiger partial charge in [-0.05, 0) is 0 Å². The van der Waals surface area contributed by atoms with E-state index < -0.39 is 0 Å². The largest absolute Gasteiger partial charge is 0.324 e. The fraction of sp³-hybridized carbons (Fsp3) is 0. The van der Waals surface area contributed by atoms with Crippen molar-refractivity contribution in [3.8, 4) is 45.6 Å². The second-order valence-corrected chi connectivity index (χ2v) is 9.79. The topological polar surface area (TPSA) is 109 Å². The van der Waals surface area contributed by atoms with E-state index in [9.17, 15) is 0 Å². The molecule has 5 heterocycles. The van der Waals surface area contributed by atoms with Gasteiger partial charge in [0.05, 0.1) is 0 Å². The maximum atomic E-state index is 5.02. The van der Waals surface area contributed by atoms with Crippen LogP contribution < -0.4 is 0 Å². The average molecular weight is 727 g/mol. The first-order valence-corrected chi connectivity index (χ1v) is 13.0. The Kier molecular flexibility index (Phi) is 5.31. The third kappa shape index (κ3) is 3.62. The number of aromatic nitrogens is 8. The van der Waals surface area contributed by atoms with Gasteiger partial charge >= 0.3 is 26.2 Å². The second kappa shape index (κ2) is 9.08. The maximum absolute atomic E-state index is 5.02. The number of hydrogen-bond donors (Lipinski definition) is 2. The summed E-state index contributed by atoms with van der Waals surface area (Å²) in [5, 5.41) is 3.82. The van der Waals surface area contributed by atoms with Crippen molar-refractivity contribution in [2.24, 2.45) is 0 Å². The monoisotopic (exact) mass is 726 g/mol. The fourth-order valence-electron chi connectivity index (χ4n) is 5.59. The number of fused-ring (bicyclic) bond motifs is 20. The van der Waals surface area contributed by atoms with Crippen LogP contribution in [-0.2, 0) is 0 Å². The second-order valence-electron chi connectivity index (χ2n) is 9.79. The molecule has 3 aromatic heterocycles. The maximum Gasteiger partial charge on any atom is 0.164 e. The van der Waals surface area contributed by atoms with Crippen LogP contribution in [0.25, 0.3) is 89.7 Å². The molecule has 0 radical (unpaired) electrons. The van der Waals surface area contributed by atoms with Gasteiger partial charge in [0.15, 0.2) is 23.3 Å². The number of H-pyrrole nitrogens is 2. The third-order valence-corrected chi connectivity index (χ3v) is 7.46. The van der Waals surface area contributed by atoms with Crippen molar-refractivity contribution in [2.45, 2.75) is 0 Å². The van der Waals surface area contributed by atoms with Gasteiger partial charge in [-0.1, -0.05) is 97.1 Å². The van der Waals surface area contributed by atoms with Crippen molar-refractivity contribution >= 4 is 70.3 Å². The molecule has 8 nitrogen and oxygen atoms in total. The standard InChI is InChI=1S/C32H18N8.Bi.3H/c1-2-10-18-17(9-1)25-33-26(18)38-28-21-13-5-6-14-22(21)30(35-28)40-32-24-16-8-7-15-23(24)31(36-32)39-29-20-12-4-3-11-19(20)27(34-29)37-25;;;;/h1-16H,(H2,33,34,35,36,37,38,39,40);;;;. The Morgan fingerprint density at radius 1 is 0.317 bits per heavy atom. The van der Waals surface area contributed by atoms with Crippen molar-refractivity contribution in [1.82, 2.24) is 39.9 Å². The number of benzene rings is 4. The molecular weight excluding hydrogens is 705 g/mol. The Hall–Kier alpha value is -4.88. The quantitative estimate of drug-likeness (QED) is 0.195. The number of hydrogen-bond acceptors (Lipinski definition) is 6. The molecule has 0 atom stereocenters. The molecule has 194 valence electrons. The molecule has 8 bridgehead atoms. The molecule has 41 heavy (non-hydrogen) atoms. The third-order valence-electron chi connectivity index (χ3n) is 7.46. The van der Waals surface area contributed by atoms with Gasteiger partial charge in [0.1, 0.15) is 22.6 Å². The van der Waals surface area contributed by atoms with Gasteiger partial charge in [-0.3, -0.25) is 0 Å². The first-order chi connectivity index (χ1) is 19.8.